The number of ether oxygens (including phenoxy) is 2. The first kappa shape index (κ1) is 21.2. The average Bonchev–Trinajstić information content (AvgIpc) is 3.22. The fourth-order valence-corrected chi connectivity index (χ4v) is 3.49. The summed E-state index contributed by atoms with van der Waals surface area (Å²) in [5, 5.41) is 10.6. The fourth-order valence-electron chi connectivity index (χ4n) is 3.30. The maximum absolute atomic E-state index is 10.0. The van der Waals surface area contributed by atoms with Gasteiger partial charge in [0.05, 0.1) is 14.2 Å². The number of hydrogen-bond donors (Lipinski definition) is 0. The third kappa shape index (κ3) is 4.22. The van der Waals surface area contributed by atoms with Crippen molar-refractivity contribution in [3.63, 3.8) is 0 Å². The molecule has 32 heavy (non-hydrogen) atoms. The van der Waals surface area contributed by atoms with Gasteiger partial charge in [-0.25, -0.2) is 4.99 Å². The summed E-state index contributed by atoms with van der Waals surface area (Å²) in [5.41, 5.74) is 3.34. The minimum Gasteiger partial charge on any atom is -0.497 e. The van der Waals surface area contributed by atoms with E-state index in [-0.39, 0.29) is 5.88 Å². The maximum Gasteiger partial charge on any atom is 0.238 e. The quantitative estimate of drug-likeness (QED) is 0.304. The normalized spacial score (nSPS) is 10.8. The minimum atomic E-state index is 0.212. The molecule has 0 amide bonds. The third-order valence-electron chi connectivity index (χ3n) is 4.96. The van der Waals surface area contributed by atoms with Crippen molar-refractivity contribution < 1.29 is 13.9 Å². The van der Waals surface area contributed by atoms with Crippen LogP contribution in [0.15, 0.2) is 82.2 Å². The van der Waals surface area contributed by atoms with Crippen LogP contribution in [-0.4, -0.2) is 20.4 Å². The highest BCUT2D eigenvalue weighted by Gasteiger charge is 2.23. The van der Waals surface area contributed by atoms with Crippen LogP contribution in [0.4, 0.5) is 5.88 Å². The molecule has 0 aliphatic rings. The number of rotatable bonds is 6. The van der Waals surface area contributed by atoms with E-state index in [0.29, 0.717) is 21.9 Å². The van der Waals surface area contributed by atoms with Crippen molar-refractivity contribution in [2.75, 3.05) is 14.2 Å². The summed E-state index contributed by atoms with van der Waals surface area (Å²) in [5.74, 6) is 2.20. The lowest BCUT2D eigenvalue weighted by Crippen LogP contribution is -1.87. The zero-order valence-corrected chi connectivity index (χ0v) is 18.3. The molecule has 4 rings (SSSR count). The van der Waals surface area contributed by atoms with Gasteiger partial charge in [0, 0.05) is 27.9 Å². The molecule has 0 spiro atoms. The van der Waals surface area contributed by atoms with Gasteiger partial charge in [-0.3, -0.25) is 0 Å². The first-order valence-corrected chi connectivity index (χ1v) is 10.2. The Morgan fingerprint density at radius 3 is 2.03 bits per heavy atom. The van der Waals surface area contributed by atoms with Crippen molar-refractivity contribution in [2.45, 2.75) is 0 Å². The molecule has 0 aliphatic heterocycles. The van der Waals surface area contributed by atoms with E-state index in [4.69, 9.17) is 25.5 Å². The molecule has 0 radical (unpaired) electrons. The van der Waals surface area contributed by atoms with Crippen LogP contribution in [0.2, 0.25) is 5.02 Å². The highest BCUT2D eigenvalue weighted by Crippen LogP contribution is 2.43. The Hall–Kier alpha value is -4.01. The molecule has 0 N–H and O–H groups in total. The molecule has 1 heterocycles. The maximum atomic E-state index is 10.0. The summed E-state index contributed by atoms with van der Waals surface area (Å²) < 4.78 is 16.7. The van der Waals surface area contributed by atoms with Gasteiger partial charge in [0.25, 0.3) is 0 Å². The standard InChI is InChI=1S/C26H19ClN2O3/c1-30-20-11-7-17(8-12-20)24-22(15-28)26(29-16-19-5-3-4-6-23(19)27)32-25(24)18-9-13-21(31-2)14-10-18/h3-14,16H,1-2H3/b29-16+. The van der Waals surface area contributed by atoms with Crippen molar-refractivity contribution in [3.05, 3.63) is 88.9 Å². The molecule has 0 aliphatic carbocycles. The summed E-state index contributed by atoms with van der Waals surface area (Å²) >= 11 is 6.24. The lowest BCUT2D eigenvalue weighted by atomic mass is 9.98. The van der Waals surface area contributed by atoms with Gasteiger partial charge in [-0.15, -0.1) is 0 Å². The SMILES string of the molecule is COc1ccc(-c2oc(/N=C/c3ccccc3Cl)c(C#N)c2-c2ccc(OC)cc2)cc1. The van der Waals surface area contributed by atoms with E-state index in [1.165, 1.54) is 0 Å². The van der Waals surface area contributed by atoms with E-state index in [2.05, 4.69) is 11.1 Å². The number of hydrogen-bond acceptors (Lipinski definition) is 5. The molecule has 0 atom stereocenters. The number of nitrogens with zero attached hydrogens (tertiary/aromatic N) is 2. The largest absolute Gasteiger partial charge is 0.497 e. The van der Waals surface area contributed by atoms with Crippen molar-refractivity contribution in [1.82, 2.24) is 0 Å². The van der Waals surface area contributed by atoms with E-state index in [1.54, 1.807) is 26.5 Å². The molecule has 0 fully saturated rings. The Morgan fingerprint density at radius 1 is 0.875 bits per heavy atom. The molecule has 1 aromatic heterocycles. The molecular weight excluding hydrogens is 424 g/mol. The minimum absolute atomic E-state index is 0.212. The van der Waals surface area contributed by atoms with E-state index in [0.717, 1.165) is 28.2 Å². The number of halogens is 1. The molecule has 0 saturated carbocycles. The van der Waals surface area contributed by atoms with Gasteiger partial charge in [-0.05, 0) is 48.0 Å². The first-order valence-electron chi connectivity index (χ1n) is 9.79. The van der Waals surface area contributed by atoms with Gasteiger partial charge in [-0.2, -0.15) is 5.26 Å². The van der Waals surface area contributed by atoms with Crippen LogP contribution in [0.25, 0.3) is 22.5 Å². The van der Waals surface area contributed by atoms with Crippen molar-refractivity contribution in [1.29, 1.82) is 5.26 Å². The zero-order chi connectivity index (χ0) is 22.5. The topological polar surface area (TPSA) is 67.8 Å². The lowest BCUT2D eigenvalue weighted by molar-refractivity contribution is 0.414. The van der Waals surface area contributed by atoms with Crippen LogP contribution in [0, 0.1) is 11.3 Å². The smallest absolute Gasteiger partial charge is 0.238 e. The van der Waals surface area contributed by atoms with Gasteiger partial charge in [-0.1, -0.05) is 41.9 Å². The Labute approximate surface area is 191 Å². The number of methoxy groups -OCH3 is 2. The molecule has 4 aromatic rings. The van der Waals surface area contributed by atoms with E-state index < -0.39 is 0 Å². The van der Waals surface area contributed by atoms with Gasteiger partial charge in [0.2, 0.25) is 5.88 Å². The predicted molar refractivity (Wildman–Crippen MR) is 126 cm³/mol. The molecular formula is C26H19ClN2O3. The molecule has 0 saturated heterocycles. The summed E-state index contributed by atoms with van der Waals surface area (Å²) in [4.78, 5) is 4.46. The van der Waals surface area contributed by atoms with Crippen molar-refractivity contribution in [2.24, 2.45) is 4.99 Å². The second-order valence-electron chi connectivity index (χ2n) is 6.83. The van der Waals surface area contributed by atoms with E-state index >= 15 is 0 Å². The monoisotopic (exact) mass is 442 g/mol. The molecule has 158 valence electrons. The average molecular weight is 443 g/mol. The molecule has 6 heteroatoms. The van der Waals surface area contributed by atoms with E-state index in [1.807, 2.05) is 66.7 Å². The Balaban J connectivity index is 1.88. The van der Waals surface area contributed by atoms with Gasteiger partial charge in [0.1, 0.15) is 28.9 Å². The van der Waals surface area contributed by atoms with Gasteiger partial charge < -0.3 is 13.9 Å². The van der Waals surface area contributed by atoms with E-state index in [9.17, 15) is 5.26 Å². The first-order chi connectivity index (χ1) is 15.6. The molecule has 3 aromatic carbocycles. The summed E-state index contributed by atoms with van der Waals surface area (Å²) in [6.45, 7) is 0. The zero-order valence-electron chi connectivity index (χ0n) is 17.5. The fraction of sp³-hybridized carbons (Fsp3) is 0.0769. The van der Waals surface area contributed by atoms with Crippen LogP contribution >= 0.6 is 11.6 Å². The highest BCUT2D eigenvalue weighted by atomic mass is 35.5. The molecule has 0 bridgehead atoms. The Bertz CT molecular complexity index is 1300. The van der Waals surface area contributed by atoms with Crippen LogP contribution in [-0.2, 0) is 0 Å². The number of benzene rings is 3. The lowest BCUT2D eigenvalue weighted by Gasteiger charge is -2.06. The Morgan fingerprint density at radius 2 is 1.47 bits per heavy atom. The molecule has 5 nitrogen and oxygen atoms in total. The van der Waals surface area contributed by atoms with Crippen LogP contribution < -0.4 is 9.47 Å². The van der Waals surface area contributed by atoms with Gasteiger partial charge in [0.15, 0.2) is 0 Å². The Kier molecular flexibility index (Phi) is 6.25. The van der Waals surface area contributed by atoms with Crippen LogP contribution in [0.3, 0.4) is 0 Å². The third-order valence-corrected chi connectivity index (χ3v) is 5.30. The van der Waals surface area contributed by atoms with Crippen molar-refractivity contribution >= 4 is 23.7 Å². The summed E-state index contributed by atoms with van der Waals surface area (Å²) in [6.07, 6.45) is 1.59. The number of furan rings is 1. The van der Waals surface area contributed by atoms with Gasteiger partial charge >= 0.3 is 0 Å². The van der Waals surface area contributed by atoms with Crippen LogP contribution in [0.5, 0.6) is 11.5 Å². The summed E-state index contributed by atoms with van der Waals surface area (Å²) in [7, 11) is 3.22. The van der Waals surface area contributed by atoms with Crippen LogP contribution in [0.1, 0.15) is 11.1 Å². The van der Waals surface area contributed by atoms with Crippen molar-refractivity contribution in [3.8, 4) is 40.0 Å². The second-order valence-corrected chi connectivity index (χ2v) is 7.24. The predicted octanol–water partition coefficient (Wildman–Crippen LogP) is 6.91. The molecule has 0 unspecified atom stereocenters. The number of aliphatic imine (C=N–C) groups is 1. The summed E-state index contributed by atoms with van der Waals surface area (Å²) in [6, 6.07) is 24.5. The second kappa shape index (κ2) is 9.42. The highest BCUT2D eigenvalue weighted by molar-refractivity contribution is 6.33. The number of nitriles is 1.